The van der Waals surface area contributed by atoms with E-state index in [1.54, 1.807) is 11.3 Å². The van der Waals surface area contributed by atoms with E-state index in [-0.39, 0.29) is 0 Å². The van der Waals surface area contributed by atoms with Gasteiger partial charge in [0.15, 0.2) is 0 Å². The first-order valence-corrected chi connectivity index (χ1v) is 7.59. The second kappa shape index (κ2) is 5.76. The predicted octanol–water partition coefficient (Wildman–Crippen LogP) is 4.51. The van der Waals surface area contributed by atoms with Crippen LogP contribution in [-0.2, 0) is 6.54 Å². The highest BCUT2D eigenvalue weighted by Crippen LogP contribution is 2.30. The van der Waals surface area contributed by atoms with E-state index in [1.807, 2.05) is 12.1 Å². The number of halogens is 1. The standard InChI is InChI=1S/C14H17BrN2S/c1-10(2)17(9-12-4-3-7-18-12)14-8-11(15)5-6-13(14)16/h3-8,10H,9,16H2,1-2H3. The van der Waals surface area contributed by atoms with Gasteiger partial charge in [0.25, 0.3) is 0 Å². The number of nitrogens with zero attached hydrogens (tertiary/aromatic N) is 1. The number of rotatable bonds is 4. The van der Waals surface area contributed by atoms with E-state index in [4.69, 9.17) is 5.73 Å². The molecule has 0 fully saturated rings. The third kappa shape index (κ3) is 3.06. The second-order valence-electron chi connectivity index (χ2n) is 4.50. The van der Waals surface area contributed by atoms with Gasteiger partial charge in [-0.3, -0.25) is 0 Å². The summed E-state index contributed by atoms with van der Waals surface area (Å²) in [5.41, 5.74) is 8.01. The zero-order chi connectivity index (χ0) is 13.1. The van der Waals surface area contributed by atoms with Crippen molar-refractivity contribution in [2.45, 2.75) is 26.4 Å². The Morgan fingerprint density at radius 3 is 2.72 bits per heavy atom. The van der Waals surface area contributed by atoms with Gasteiger partial charge in [-0.1, -0.05) is 22.0 Å². The van der Waals surface area contributed by atoms with E-state index in [1.165, 1.54) is 4.88 Å². The van der Waals surface area contributed by atoms with Gasteiger partial charge in [0.1, 0.15) is 0 Å². The number of nitrogen functional groups attached to an aromatic ring is 1. The Morgan fingerprint density at radius 2 is 2.11 bits per heavy atom. The van der Waals surface area contributed by atoms with Crippen LogP contribution in [0.1, 0.15) is 18.7 Å². The van der Waals surface area contributed by atoms with Gasteiger partial charge < -0.3 is 10.6 Å². The molecule has 2 rings (SSSR count). The maximum Gasteiger partial charge on any atom is 0.0616 e. The van der Waals surface area contributed by atoms with Crippen LogP contribution in [0.5, 0.6) is 0 Å². The minimum absolute atomic E-state index is 0.406. The van der Waals surface area contributed by atoms with Gasteiger partial charge in [-0.15, -0.1) is 11.3 Å². The van der Waals surface area contributed by atoms with Crippen LogP contribution >= 0.6 is 27.3 Å². The van der Waals surface area contributed by atoms with Crippen molar-refractivity contribution < 1.29 is 0 Å². The average Bonchev–Trinajstić information content (AvgIpc) is 2.82. The van der Waals surface area contributed by atoms with E-state index in [0.29, 0.717) is 6.04 Å². The summed E-state index contributed by atoms with van der Waals surface area (Å²) in [6.45, 7) is 5.28. The van der Waals surface area contributed by atoms with Crippen molar-refractivity contribution in [3.8, 4) is 0 Å². The normalized spacial score (nSPS) is 10.9. The lowest BCUT2D eigenvalue weighted by atomic mass is 10.2. The highest BCUT2D eigenvalue weighted by molar-refractivity contribution is 9.10. The molecule has 96 valence electrons. The summed E-state index contributed by atoms with van der Waals surface area (Å²) >= 11 is 5.29. The largest absolute Gasteiger partial charge is 0.397 e. The van der Waals surface area contributed by atoms with Crippen molar-refractivity contribution >= 4 is 38.6 Å². The molecule has 0 radical (unpaired) electrons. The summed E-state index contributed by atoms with van der Waals surface area (Å²) in [6, 6.07) is 10.7. The molecule has 0 saturated carbocycles. The minimum atomic E-state index is 0.406. The number of hydrogen-bond donors (Lipinski definition) is 1. The van der Waals surface area contributed by atoms with Crippen molar-refractivity contribution in [2.75, 3.05) is 10.6 Å². The first-order chi connectivity index (χ1) is 8.58. The summed E-state index contributed by atoms with van der Waals surface area (Å²) in [7, 11) is 0. The minimum Gasteiger partial charge on any atom is -0.397 e. The molecule has 0 spiro atoms. The molecule has 0 aliphatic heterocycles. The van der Waals surface area contributed by atoms with Crippen molar-refractivity contribution in [3.05, 3.63) is 45.1 Å². The van der Waals surface area contributed by atoms with Gasteiger partial charge in [0.2, 0.25) is 0 Å². The Kier molecular flexibility index (Phi) is 4.30. The highest BCUT2D eigenvalue weighted by Gasteiger charge is 2.14. The molecule has 2 aromatic rings. The predicted molar refractivity (Wildman–Crippen MR) is 84.2 cm³/mol. The smallest absolute Gasteiger partial charge is 0.0616 e. The topological polar surface area (TPSA) is 29.3 Å². The van der Waals surface area contributed by atoms with Crippen LogP contribution in [-0.4, -0.2) is 6.04 Å². The Bertz CT molecular complexity index is 509. The fourth-order valence-electron chi connectivity index (χ4n) is 1.88. The van der Waals surface area contributed by atoms with Gasteiger partial charge in [-0.25, -0.2) is 0 Å². The molecule has 18 heavy (non-hydrogen) atoms. The average molecular weight is 325 g/mol. The molecule has 0 aliphatic rings. The third-order valence-corrected chi connectivity index (χ3v) is 4.19. The second-order valence-corrected chi connectivity index (χ2v) is 6.45. The molecule has 1 heterocycles. The summed E-state index contributed by atoms with van der Waals surface area (Å²) < 4.78 is 1.06. The monoisotopic (exact) mass is 324 g/mol. The van der Waals surface area contributed by atoms with Gasteiger partial charge in [-0.05, 0) is 43.5 Å². The Balaban J connectivity index is 2.32. The molecule has 0 atom stereocenters. The summed E-state index contributed by atoms with van der Waals surface area (Å²) in [4.78, 5) is 3.68. The van der Waals surface area contributed by atoms with Gasteiger partial charge in [-0.2, -0.15) is 0 Å². The molecular weight excluding hydrogens is 308 g/mol. The van der Waals surface area contributed by atoms with Crippen LogP contribution in [0.4, 0.5) is 11.4 Å². The highest BCUT2D eigenvalue weighted by atomic mass is 79.9. The molecule has 4 heteroatoms. The van der Waals surface area contributed by atoms with Crippen LogP contribution in [0, 0.1) is 0 Å². The van der Waals surface area contributed by atoms with Crippen LogP contribution in [0.2, 0.25) is 0 Å². The fourth-order valence-corrected chi connectivity index (χ4v) is 2.93. The van der Waals surface area contributed by atoms with Crippen molar-refractivity contribution in [1.29, 1.82) is 0 Å². The molecule has 0 amide bonds. The molecule has 0 unspecified atom stereocenters. The summed E-state index contributed by atoms with van der Waals surface area (Å²) in [6.07, 6.45) is 0. The van der Waals surface area contributed by atoms with E-state index >= 15 is 0 Å². The quantitative estimate of drug-likeness (QED) is 0.838. The van der Waals surface area contributed by atoms with Crippen molar-refractivity contribution in [3.63, 3.8) is 0 Å². The van der Waals surface area contributed by atoms with Crippen molar-refractivity contribution in [2.24, 2.45) is 0 Å². The number of benzene rings is 1. The van der Waals surface area contributed by atoms with Crippen LogP contribution in [0.15, 0.2) is 40.2 Å². The van der Waals surface area contributed by atoms with E-state index < -0.39 is 0 Å². The molecule has 0 saturated heterocycles. The zero-order valence-corrected chi connectivity index (χ0v) is 13.0. The van der Waals surface area contributed by atoms with E-state index in [0.717, 1.165) is 22.4 Å². The number of anilines is 2. The van der Waals surface area contributed by atoms with Crippen LogP contribution in [0.25, 0.3) is 0 Å². The Labute approximate surface area is 121 Å². The molecule has 1 aromatic heterocycles. The van der Waals surface area contributed by atoms with Gasteiger partial charge in [0.05, 0.1) is 17.9 Å². The first kappa shape index (κ1) is 13.4. The lowest BCUT2D eigenvalue weighted by Crippen LogP contribution is -2.30. The lowest BCUT2D eigenvalue weighted by Gasteiger charge is -2.30. The number of hydrogen-bond acceptors (Lipinski definition) is 3. The van der Waals surface area contributed by atoms with Crippen LogP contribution < -0.4 is 10.6 Å². The molecule has 0 bridgehead atoms. The van der Waals surface area contributed by atoms with Crippen LogP contribution in [0.3, 0.4) is 0 Å². The lowest BCUT2D eigenvalue weighted by molar-refractivity contribution is 0.688. The maximum absolute atomic E-state index is 6.10. The van der Waals surface area contributed by atoms with Gasteiger partial charge >= 0.3 is 0 Å². The van der Waals surface area contributed by atoms with E-state index in [2.05, 4.69) is 58.3 Å². The molecule has 1 aromatic carbocycles. The molecule has 2 N–H and O–H groups in total. The Morgan fingerprint density at radius 1 is 1.33 bits per heavy atom. The maximum atomic E-state index is 6.10. The fraction of sp³-hybridized carbons (Fsp3) is 0.286. The first-order valence-electron chi connectivity index (χ1n) is 5.92. The zero-order valence-electron chi connectivity index (χ0n) is 10.6. The molecule has 0 aliphatic carbocycles. The number of thiophene rings is 1. The molecule has 2 nitrogen and oxygen atoms in total. The Hall–Kier alpha value is -1.00. The molecular formula is C14H17BrN2S. The van der Waals surface area contributed by atoms with E-state index in [9.17, 15) is 0 Å². The third-order valence-electron chi connectivity index (χ3n) is 2.83. The van der Waals surface area contributed by atoms with Crippen molar-refractivity contribution in [1.82, 2.24) is 0 Å². The summed E-state index contributed by atoms with van der Waals surface area (Å²) in [5, 5.41) is 2.11. The summed E-state index contributed by atoms with van der Waals surface area (Å²) in [5.74, 6) is 0. The van der Waals surface area contributed by atoms with Gasteiger partial charge in [0, 0.05) is 15.4 Å². The SMILES string of the molecule is CC(C)N(Cc1cccs1)c1cc(Br)ccc1N. The number of nitrogens with two attached hydrogens (primary N) is 1.